The van der Waals surface area contributed by atoms with Gasteiger partial charge in [0.05, 0.1) is 37.3 Å². The van der Waals surface area contributed by atoms with E-state index in [1.165, 1.54) is 0 Å². The molecule has 0 atom stereocenters. The molecule has 2 N–H and O–H groups in total. The number of hydrogen-bond donors (Lipinski definition) is 2. The van der Waals surface area contributed by atoms with Gasteiger partial charge in [-0.25, -0.2) is 19.7 Å². The van der Waals surface area contributed by atoms with E-state index >= 15 is 0 Å². The maximum Gasteiger partial charge on any atom is 0.415 e. The Hall–Kier alpha value is -3.92. The summed E-state index contributed by atoms with van der Waals surface area (Å²) >= 11 is 0. The topological polar surface area (TPSA) is 113 Å². The Morgan fingerprint density at radius 2 is 1.95 bits per heavy atom. The van der Waals surface area contributed by atoms with E-state index in [1.807, 2.05) is 58.2 Å². The predicted molar refractivity (Wildman–Crippen MR) is 140 cm³/mol. The van der Waals surface area contributed by atoms with Gasteiger partial charge >= 0.3 is 6.09 Å². The highest BCUT2D eigenvalue weighted by atomic mass is 16.6. The van der Waals surface area contributed by atoms with Gasteiger partial charge in [-0.05, 0) is 57.4 Å². The molecule has 0 unspecified atom stereocenters. The molecule has 1 amide bonds. The summed E-state index contributed by atoms with van der Waals surface area (Å²) in [7, 11) is 0. The molecule has 4 heterocycles. The third kappa shape index (κ3) is 5.29. The fourth-order valence-electron chi connectivity index (χ4n) is 4.54. The van der Waals surface area contributed by atoms with Crippen LogP contribution in [0.25, 0.3) is 0 Å². The number of carbonyl (C=O) groups is 1. The number of pyridine rings is 1. The smallest absolute Gasteiger partial charge is 0.415 e. The molecule has 2 aliphatic rings. The molecule has 0 bridgehead atoms. The number of ether oxygens (including phenoxy) is 2. The minimum atomic E-state index is -0.600. The van der Waals surface area contributed by atoms with Crippen molar-refractivity contribution in [2.45, 2.75) is 52.9 Å². The van der Waals surface area contributed by atoms with Crippen LogP contribution in [0.2, 0.25) is 0 Å². The van der Waals surface area contributed by atoms with Crippen molar-refractivity contribution in [3.8, 4) is 5.88 Å². The SMILES string of the molecule is Cc1c(N2CCc3cnc(Nc4ccc(CO)cc4)nc3C2)cnc2c1N(C(=O)OC(C)(C)C)CCO2. The minimum Gasteiger partial charge on any atom is -0.474 e. The van der Waals surface area contributed by atoms with Gasteiger partial charge in [0, 0.05) is 24.0 Å². The first-order chi connectivity index (χ1) is 17.7. The Morgan fingerprint density at radius 1 is 1.16 bits per heavy atom. The summed E-state index contributed by atoms with van der Waals surface area (Å²) in [5, 5.41) is 12.5. The Bertz CT molecular complexity index is 1310. The van der Waals surface area contributed by atoms with E-state index < -0.39 is 11.7 Å². The summed E-state index contributed by atoms with van der Waals surface area (Å²) in [5.74, 6) is 0.957. The number of fused-ring (bicyclic) bond motifs is 2. The predicted octanol–water partition coefficient (Wildman–Crippen LogP) is 4.11. The quantitative estimate of drug-likeness (QED) is 0.542. The summed E-state index contributed by atoms with van der Waals surface area (Å²) < 4.78 is 11.4. The van der Waals surface area contributed by atoms with Crippen LogP contribution in [0, 0.1) is 6.92 Å². The van der Waals surface area contributed by atoms with Crippen LogP contribution in [0.1, 0.15) is 43.2 Å². The maximum atomic E-state index is 13.0. The van der Waals surface area contributed by atoms with Crippen molar-refractivity contribution >= 4 is 29.1 Å². The molecule has 10 nitrogen and oxygen atoms in total. The Kier molecular flexibility index (Phi) is 6.59. The third-order valence-electron chi connectivity index (χ3n) is 6.36. The van der Waals surface area contributed by atoms with E-state index in [0.29, 0.717) is 37.2 Å². The maximum absolute atomic E-state index is 13.0. The zero-order valence-corrected chi connectivity index (χ0v) is 21.6. The van der Waals surface area contributed by atoms with Gasteiger partial charge in [0.25, 0.3) is 0 Å². The first-order valence-electron chi connectivity index (χ1n) is 12.4. The number of benzene rings is 1. The number of rotatable bonds is 4. The average molecular weight is 505 g/mol. The van der Waals surface area contributed by atoms with Crippen LogP contribution in [0.5, 0.6) is 5.88 Å². The van der Waals surface area contributed by atoms with E-state index in [2.05, 4.69) is 20.2 Å². The second kappa shape index (κ2) is 9.85. The van der Waals surface area contributed by atoms with E-state index in [9.17, 15) is 9.90 Å². The fraction of sp³-hybridized carbons (Fsp3) is 0.407. The number of amides is 1. The van der Waals surface area contributed by atoms with Gasteiger partial charge in [-0.2, -0.15) is 0 Å². The zero-order valence-electron chi connectivity index (χ0n) is 21.6. The molecule has 2 aromatic heterocycles. The molecule has 5 rings (SSSR count). The molecule has 0 saturated heterocycles. The molecule has 0 spiro atoms. The summed E-state index contributed by atoms with van der Waals surface area (Å²) in [6.45, 7) is 9.69. The van der Waals surface area contributed by atoms with Crippen LogP contribution >= 0.6 is 0 Å². The molecule has 0 radical (unpaired) electrons. The summed E-state index contributed by atoms with van der Waals surface area (Å²) in [5.41, 5.74) is 5.63. The normalized spacial score (nSPS) is 14.9. The molecule has 0 fully saturated rings. The largest absolute Gasteiger partial charge is 0.474 e. The van der Waals surface area contributed by atoms with Gasteiger partial charge < -0.3 is 24.8 Å². The van der Waals surface area contributed by atoms with Crippen LogP contribution in [-0.2, 0) is 24.3 Å². The lowest BCUT2D eigenvalue weighted by Crippen LogP contribution is -2.42. The lowest BCUT2D eigenvalue weighted by molar-refractivity contribution is 0.0566. The molecule has 1 aromatic carbocycles. The van der Waals surface area contributed by atoms with Crippen molar-refractivity contribution in [2.24, 2.45) is 0 Å². The van der Waals surface area contributed by atoms with Crippen molar-refractivity contribution in [1.29, 1.82) is 0 Å². The molecular formula is C27H32N6O4. The second-order valence-electron chi connectivity index (χ2n) is 10.2. The van der Waals surface area contributed by atoms with Crippen LogP contribution in [0.3, 0.4) is 0 Å². The lowest BCUT2D eigenvalue weighted by Gasteiger charge is -2.35. The Balaban J connectivity index is 1.39. The van der Waals surface area contributed by atoms with Crippen molar-refractivity contribution in [2.75, 3.05) is 34.8 Å². The van der Waals surface area contributed by atoms with E-state index in [1.54, 1.807) is 11.1 Å². The molecular weight excluding hydrogens is 472 g/mol. The summed E-state index contributed by atoms with van der Waals surface area (Å²) in [4.78, 5) is 30.6. The van der Waals surface area contributed by atoms with Crippen molar-refractivity contribution in [3.63, 3.8) is 0 Å². The van der Waals surface area contributed by atoms with Gasteiger partial charge in [-0.1, -0.05) is 12.1 Å². The van der Waals surface area contributed by atoms with Gasteiger partial charge in [0.2, 0.25) is 11.8 Å². The molecule has 194 valence electrons. The van der Waals surface area contributed by atoms with Crippen molar-refractivity contribution < 1.29 is 19.4 Å². The number of carbonyl (C=O) groups excluding carboxylic acids is 1. The van der Waals surface area contributed by atoms with Crippen molar-refractivity contribution in [1.82, 2.24) is 15.0 Å². The number of aliphatic hydroxyl groups excluding tert-OH is 1. The number of nitrogens with zero attached hydrogens (tertiary/aromatic N) is 5. The summed E-state index contributed by atoms with van der Waals surface area (Å²) in [6, 6.07) is 7.50. The Labute approximate surface area is 216 Å². The highest BCUT2D eigenvalue weighted by Gasteiger charge is 2.32. The molecule has 0 aliphatic carbocycles. The minimum absolute atomic E-state index is 0.00405. The average Bonchev–Trinajstić information content (AvgIpc) is 2.87. The molecule has 0 saturated carbocycles. The van der Waals surface area contributed by atoms with Crippen LogP contribution < -0.4 is 19.9 Å². The van der Waals surface area contributed by atoms with Gasteiger partial charge in [0.1, 0.15) is 17.9 Å². The molecule has 3 aromatic rings. The monoisotopic (exact) mass is 504 g/mol. The molecule has 2 aliphatic heterocycles. The van der Waals surface area contributed by atoms with Gasteiger partial charge in [-0.15, -0.1) is 0 Å². The number of aromatic nitrogens is 3. The first-order valence-corrected chi connectivity index (χ1v) is 12.4. The summed E-state index contributed by atoms with van der Waals surface area (Å²) in [6.07, 6.45) is 4.07. The zero-order chi connectivity index (χ0) is 26.2. The number of anilines is 4. The van der Waals surface area contributed by atoms with E-state index in [-0.39, 0.29) is 6.61 Å². The van der Waals surface area contributed by atoms with Crippen LogP contribution in [0.15, 0.2) is 36.7 Å². The van der Waals surface area contributed by atoms with Crippen molar-refractivity contribution in [3.05, 3.63) is 59.0 Å². The molecule has 10 heteroatoms. The van der Waals surface area contributed by atoms with Gasteiger partial charge in [-0.3, -0.25) is 4.90 Å². The van der Waals surface area contributed by atoms with Crippen LogP contribution in [-0.4, -0.2) is 51.4 Å². The van der Waals surface area contributed by atoms with Gasteiger partial charge in [0.15, 0.2) is 0 Å². The number of nitrogens with one attached hydrogen (secondary N) is 1. The Morgan fingerprint density at radius 3 is 2.68 bits per heavy atom. The van der Waals surface area contributed by atoms with E-state index in [0.717, 1.165) is 46.7 Å². The lowest BCUT2D eigenvalue weighted by atomic mass is 10.0. The molecule has 37 heavy (non-hydrogen) atoms. The highest BCUT2D eigenvalue weighted by molar-refractivity contribution is 5.92. The standard InChI is InChI=1S/C27H32N6O4/c1-17-22(14-28-24-23(17)33(11-12-36-24)26(35)37-27(2,3)4)32-10-9-19-13-29-25(31-21(19)15-32)30-20-7-5-18(16-34)6-8-20/h5-8,13-14,34H,9-12,15-16H2,1-4H3,(H,29,30,31). The second-order valence-corrected chi connectivity index (χ2v) is 10.2. The fourth-order valence-corrected chi connectivity index (χ4v) is 4.54. The first kappa shape index (κ1) is 24.8. The third-order valence-corrected chi connectivity index (χ3v) is 6.36. The van der Waals surface area contributed by atoms with Crippen LogP contribution in [0.4, 0.5) is 27.8 Å². The van der Waals surface area contributed by atoms with E-state index in [4.69, 9.17) is 14.5 Å². The highest BCUT2D eigenvalue weighted by Crippen LogP contribution is 2.39. The number of aliphatic hydroxyl groups is 1. The number of hydrogen-bond acceptors (Lipinski definition) is 9.